The Hall–Kier alpha value is -3.82. The van der Waals surface area contributed by atoms with Crippen molar-refractivity contribution in [2.45, 2.75) is 58.9 Å². The molecule has 0 fully saturated rings. The number of nitrogens with one attached hydrogen (secondary N) is 2. The van der Waals surface area contributed by atoms with Crippen molar-refractivity contribution in [2.24, 2.45) is 0 Å². The third-order valence-corrected chi connectivity index (χ3v) is 5.87. The normalized spacial score (nSPS) is 16.1. The summed E-state index contributed by atoms with van der Waals surface area (Å²) >= 11 is 0. The van der Waals surface area contributed by atoms with Gasteiger partial charge in [-0.1, -0.05) is 25.5 Å². The minimum atomic E-state index is -4.49. The zero-order chi connectivity index (χ0) is 27.3. The lowest BCUT2D eigenvalue weighted by Crippen LogP contribution is -2.48. The van der Waals surface area contributed by atoms with E-state index in [-0.39, 0.29) is 17.7 Å². The average Bonchev–Trinajstić information content (AvgIpc) is 2.83. The minimum Gasteiger partial charge on any atom is -0.459 e. The predicted octanol–water partition coefficient (Wildman–Crippen LogP) is 6.05. The number of unbranched alkanes of at least 4 members (excludes halogenated alkanes) is 1. The number of nitrogens with zero attached hydrogens (tertiary/aromatic N) is 1. The first-order chi connectivity index (χ1) is 17.4. The number of urea groups is 1. The van der Waals surface area contributed by atoms with Crippen LogP contribution in [-0.2, 0) is 15.7 Å². The number of ether oxygens (including phenoxy) is 1. The maximum atomic E-state index is 13.0. The van der Waals surface area contributed by atoms with Gasteiger partial charge in [-0.05, 0) is 69.2 Å². The number of amides is 3. The Morgan fingerprint density at radius 3 is 2.24 bits per heavy atom. The molecule has 2 aromatic rings. The number of esters is 1. The quantitative estimate of drug-likeness (QED) is 0.418. The van der Waals surface area contributed by atoms with Gasteiger partial charge in [0.1, 0.15) is 0 Å². The molecule has 0 spiro atoms. The van der Waals surface area contributed by atoms with Gasteiger partial charge >= 0.3 is 18.2 Å². The van der Waals surface area contributed by atoms with Crippen molar-refractivity contribution in [3.63, 3.8) is 0 Å². The van der Waals surface area contributed by atoms with E-state index < -0.39 is 29.7 Å². The molecule has 1 heterocycles. The lowest BCUT2D eigenvalue weighted by molar-refractivity contribution is -0.143. The molecular formula is C27H30F3N3O4. The van der Waals surface area contributed by atoms with Gasteiger partial charge in [-0.3, -0.25) is 9.69 Å². The molecule has 37 heavy (non-hydrogen) atoms. The molecule has 1 aliphatic heterocycles. The third kappa shape index (κ3) is 6.69. The van der Waals surface area contributed by atoms with E-state index in [9.17, 15) is 27.6 Å². The molecule has 0 aliphatic carbocycles. The van der Waals surface area contributed by atoms with Crippen molar-refractivity contribution in [3.8, 4) is 0 Å². The number of hydrogen-bond donors (Lipinski definition) is 2. The van der Waals surface area contributed by atoms with E-state index in [1.54, 1.807) is 45.0 Å². The van der Waals surface area contributed by atoms with Gasteiger partial charge in [0, 0.05) is 23.5 Å². The monoisotopic (exact) mass is 517 g/mol. The Balaban J connectivity index is 1.83. The van der Waals surface area contributed by atoms with Crippen LogP contribution in [0, 0.1) is 0 Å². The number of hydrogen-bond acceptors (Lipinski definition) is 4. The molecule has 2 N–H and O–H groups in total. The van der Waals surface area contributed by atoms with Crippen LogP contribution < -0.4 is 10.6 Å². The maximum absolute atomic E-state index is 13.0. The Morgan fingerprint density at radius 1 is 1.08 bits per heavy atom. The van der Waals surface area contributed by atoms with Crippen LogP contribution in [-0.4, -0.2) is 35.5 Å². The smallest absolute Gasteiger partial charge is 0.416 e. The number of halogens is 3. The summed E-state index contributed by atoms with van der Waals surface area (Å²) in [6.07, 6.45) is -3.18. The van der Waals surface area contributed by atoms with Gasteiger partial charge in [-0.15, -0.1) is 0 Å². The first-order valence-corrected chi connectivity index (χ1v) is 12.0. The number of rotatable bonds is 8. The Bertz CT molecular complexity index is 1170. The van der Waals surface area contributed by atoms with E-state index >= 15 is 0 Å². The van der Waals surface area contributed by atoms with Crippen LogP contribution in [0.3, 0.4) is 0 Å². The van der Waals surface area contributed by atoms with Crippen molar-refractivity contribution in [3.05, 3.63) is 76.5 Å². The van der Waals surface area contributed by atoms with Crippen LogP contribution in [0.25, 0.3) is 0 Å². The fourth-order valence-corrected chi connectivity index (χ4v) is 3.93. The van der Waals surface area contributed by atoms with Crippen molar-refractivity contribution >= 4 is 23.6 Å². The summed E-state index contributed by atoms with van der Waals surface area (Å²) in [6, 6.07) is 9.33. The number of carbonyl (C=O) groups excluding carboxylic acids is 3. The Morgan fingerprint density at radius 2 is 1.70 bits per heavy atom. The van der Waals surface area contributed by atoms with Crippen molar-refractivity contribution in [1.29, 1.82) is 0 Å². The topological polar surface area (TPSA) is 87.7 Å². The first-order valence-electron chi connectivity index (χ1n) is 12.0. The van der Waals surface area contributed by atoms with Crippen molar-refractivity contribution in [2.75, 3.05) is 11.9 Å². The van der Waals surface area contributed by atoms with Crippen LogP contribution in [0.1, 0.15) is 68.1 Å². The molecule has 0 saturated carbocycles. The highest BCUT2D eigenvalue weighted by Gasteiger charge is 2.36. The van der Waals surface area contributed by atoms with Crippen LogP contribution in [0.2, 0.25) is 0 Å². The molecule has 0 aromatic heterocycles. The summed E-state index contributed by atoms with van der Waals surface area (Å²) in [5.41, 5.74) is 1.07. The number of benzene rings is 2. The fraction of sp³-hybridized carbons (Fsp3) is 0.370. The molecule has 2 aromatic carbocycles. The molecule has 1 atom stereocenters. The Labute approximate surface area is 213 Å². The lowest BCUT2D eigenvalue weighted by Gasteiger charge is -2.35. The Kier molecular flexibility index (Phi) is 8.62. The van der Waals surface area contributed by atoms with E-state index in [0.717, 1.165) is 37.1 Å². The molecule has 198 valence electrons. The highest BCUT2D eigenvalue weighted by Crippen LogP contribution is 2.33. The van der Waals surface area contributed by atoms with E-state index in [1.165, 1.54) is 4.90 Å². The van der Waals surface area contributed by atoms with E-state index in [2.05, 4.69) is 10.6 Å². The second-order valence-corrected chi connectivity index (χ2v) is 8.99. The summed E-state index contributed by atoms with van der Waals surface area (Å²) in [5, 5.41) is 5.51. The summed E-state index contributed by atoms with van der Waals surface area (Å²) in [4.78, 5) is 39.9. The van der Waals surface area contributed by atoms with Crippen molar-refractivity contribution in [1.82, 2.24) is 10.2 Å². The van der Waals surface area contributed by atoms with Gasteiger partial charge < -0.3 is 15.4 Å². The summed E-state index contributed by atoms with van der Waals surface area (Å²) in [7, 11) is 0. The fourth-order valence-electron chi connectivity index (χ4n) is 3.93. The summed E-state index contributed by atoms with van der Waals surface area (Å²) < 4.78 is 43.7. The molecule has 3 rings (SSSR count). The maximum Gasteiger partial charge on any atom is 0.416 e. The van der Waals surface area contributed by atoms with Gasteiger partial charge in [-0.25, -0.2) is 9.59 Å². The van der Waals surface area contributed by atoms with Gasteiger partial charge in [-0.2, -0.15) is 13.2 Å². The number of carbonyl (C=O) groups is 3. The van der Waals surface area contributed by atoms with Crippen molar-refractivity contribution < 1.29 is 32.3 Å². The second kappa shape index (κ2) is 11.5. The molecule has 0 saturated heterocycles. The number of anilines is 1. The van der Waals surface area contributed by atoms with Crippen LogP contribution in [0.5, 0.6) is 0 Å². The molecule has 7 nitrogen and oxygen atoms in total. The molecule has 10 heteroatoms. The standard InChI is InChI=1S/C27H30F3N3O4/c1-5-6-15-33-17(4)22(25(35)37-16(2)3)23(32-26(33)36)18-9-13-21(14-10-18)31-24(34)19-7-11-20(12-8-19)27(28,29)30/h7-14,16,23H,5-6,15H2,1-4H3,(H,31,34)(H,32,36)/t23-/m1/s1. The van der Waals surface area contributed by atoms with E-state index in [4.69, 9.17) is 4.74 Å². The second-order valence-electron chi connectivity index (χ2n) is 8.99. The molecule has 0 unspecified atom stereocenters. The van der Waals surface area contributed by atoms with Gasteiger partial charge in [0.05, 0.1) is 23.3 Å². The number of alkyl halides is 3. The predicted molar refractivity (Wildman–Crippen MR) is 133 cm³/mol. The van der Waals surface area contributed by atoms with Crippen LogP contribution in [0.4, 0.5) is 23.7 Å². The molecular weight excluding hydrogens is 487 g/mol. The molecule has 3 amide bonds. The van der Waals surface area contributed by atoms with E-state index in [1.807, 2.05) is 6.92 Å². The van der Waals surface area contributed by atoms with Gasteiger partial charge in [0.25, 0.3) is 5.91 Å². The largest absolute Gasteiger partial charge is 0.459 e. The molecule has 0 bridgehead atoms. The zero-order valence-electron chi connectivity index (χ0n) is 21.1. The molecule has 0 radical (unpaired) electrons. The highest BCUT2D eigenvalue weighted by atomic mass is 19.4. The minimum absolute atomic E-state index is 0.0704. The average molecular weight is 518 g/mol. The van der Waals surface area contributed by atoms with Gasteiger partial charge in [0.15, 0.2) is 0 Å². The third-order valence-electron chi connectivity index (χ3n) is 5.87. The van der Waals surface area contributed by atoms with Crippen LogP contribution >= 0.6 is 0 Å². The summed E-state index contributed by atoms with van der Waals surface area (Å²) in [6.45, 7) is 7.68. The number of allylic oxidation sites excluding steroid dienone is 1. The van der Waals surface area contributed by atoms with Gasteiger partial charge in [0.2, 0.25) is 0 Å². The zero-order valence-corrected chi connectivity index (χ0v) is 21.1. The molecule has 1 aliphatic rings. The van der Waals surface area contributed by atoms with Crippen LogP contribution in [0.15, 0.2) is 59.8 Å². The first kappa shape index (κ1) is 27.8. The van der Waals surface area contributed by atoms with E-state index in [0.29, 0.717) is 29.1 Å². The SMILES string of the molecule is CCCCN1C(=O)N[C@H](c2ccc(NC(=O)c3ccc(C(F)(F)F)cc3)cc2)C(C(=O)OC(C)C)=C1C. The summed E-state index contributed by atoms with van der Waals surface area (Å²) in [5.74, 6) is -1.10. The lowest BCUT2D eigenvalue weighted by atomic mass is 9.94. The highest BCUT2D eigenvalue weighted by molar-refractivity contribution is 6.04.